The molecule has 0 unspecified atom stereocenters. The quantitative estimate of drug-likeness (QED) is 0.257. The van der Waals surface area contributed by atoms with E-state index >= 15 is 0 Å². The largest absolute Gasteiger partial charge is 0.494 e. The number of hydrogen-bond donors (Lipinski definition) is 5. The predicted molar refractivity (Wildman–Crippen MR) is 135 cm³/mol. The first-order valence-electron chi connectivity index (χ1n) is 13.1. The van der Waals surface area contributed by atoms with Gasteiger partial charge in [0, 0.05) is 30.0 Å². The summed E-state index contributed by atoms with van der Waals surface area (Å²) in [6, 6.07) is 5.26. The van der Waals surface area contributed by atoms with Gasteiger partial charge in [-0.25, -0.2) is 0 Å². The molecule has 5 N–H and O–H groups in total. The van der Waals surface area contributed by atoms with Crippen LogP contribution in [0, 0.1) is 5.92 Å². The number of anilines is 3. The predicted octanol–water partition coefficient (Wildman–Crippen LogP) is 1.54. The summed E-state index contributed by atoms with van der Waals surface area (Å²) in [5.74, 6) is -1.52. The van der Waals surface area contributed by atoms with Crippen LogP contribution in [-0.4, -0.2) is 63.4 Å². The first-order valence-corrected chi connectivity index (χ1v) is 11.6. The number of nitrogens with one attached hydrogen (secondary N) is 4. The average molecular weight is 528 g/mol. The Morgan fingerprint density at radius 1 is 1.24 bits per heavy atom. The van der Waals surface area contributed by atoms with E-state index in [1.807, 2.05) is 5.32 Å². The van der Waals surface area contributed by atoms with E-state index in [1.54, 1.807) is 18.2 Å². The smallest absolute Gasteiger partial charge is 0.273 e. The first-order chi connectivity index (χ1) is 19.4. The molecule has 2 aromatic heterocycles. The minimum absolute atomic E-state index is 0.00195. The van der Waals surface area contributed by atoms with Crippen LogP contribution < -0.4 is 26.0 Å². The molecule has 4 rings (SSSR count). The molecule has 200 valence electrons. The van der Waals surface area contributed by atoms with Crippen LogP contribution in [0.3, 0.4) is 0 Å². The van der Waals surface area contributed by atoms with Crippen LogP contribution in [0.2, 0.25) is 0 Å². The number of aliphatic hydroxyl groups is 1. The Balaban J connectivity index is 1.70. The zero-order chi connectivity index (χ0) is 29.9. The summed E-state index contributed by atoms with van der Waals surface area (Å²) in [5, 5.41) is 31.7. The van der Waals surface area contributed by atoms with Crippen molar-refractivity contribution in [3.05, 3.63) is 35.8 Å². The molecule has 0 radical (unpaired) electrons. The highest BCUT2D eigenvalue weighted by Gasteiger charge is 2.30. The third-order valence-corrected chi connectivity index (χ3v) is 5.60. The maximum Gasteiger partial charge on any atom is 0.273 e. The first kappa shape index (κ1) is 22.6. The highest BCUT2D eigenvalue weighted by atomic mass is 16.5. The second kappa shape index (κ2) is 11.2. The lowest BCUT2D eigenvalue weighted by Gasteiger charge is -2.16. The molecule has 1 aliphatic rings. The molecule has 14 heteroatoms. The number of nitrogens with zero attached hydrogens (tertiary/aromatic N) is 4. The minimum atomic E-state index is -2.79. The number of aliphatic hydroxyl groups excluding tert-OH is 1. The van der Waals surface area contributed by atoms with Crippen molar-refractivity contribution in [1.82, 2.24) is 31.0 Å². The lowest BCUT2D eigenvalue weighted by molar-refractivity contribution is -0.120. The van der Waals surface area contributed by atoms with Gasteiger partial charge in [0.05, 0.1) is 30.2 Å². The minimum Gasteiger partial charge on any atom is -0.494 e. The van der Waals surface area contributed by atoms with Crippen molar-refractivity contribution >= 4 is 34.9 Å². The fraction of sp³-hybridized carbons (Fsp3) is 0.375. The number of rotatable bonds is 10. The van der Waals surface area contributed by atoms with E-state index in [4.69, 9.17) is 13.4 Å². The van der Waals surface area contributed by atoms with Crippen molar-refractivity contribution in [3.8, 4) is 17.2 Å². The number of benzene rings is 1. The molecular weight excluding hydrogens is 496 g/mol. The highest BCUT2D eigenvalue weighted by molar-refractivity contribution is 6.00. The number of para-hydroxylation sites is 1. The molecule has 3 aromatic rings. The zero-order valence-corrected chi connectivity index (χ0v) is 20.7. The van der Waals surface area contributed by atoms with Crippen molar-refractivity contribution in [3.63, 3.8) is 0 Å². The summed E-state index contributed by atoms with van der Waals surface area (Å²) in [6.45, 7) is -0.0347. The zero-order valence-electron chi connectivity index (χ0n) is 23.7. The normalized spacial score (nSPS) is 15.7. The number of hydrogen-bond acceptors (Lipinski definition) is 11. The number of methoxy groups -OCH3 is 1. The van der Waals surface area contributed by atoms with Crippen LogP contribution in [0.4, 0.5) is 17.2 Å². The van der Waals surface area contributed by atoms with Gasteiger partial charge in [0.2, 0.25) is 11.8 Å². The molecule has 3 amide bonds. The molecule has 2 heterocycles. The molecule has 1 fully saturated rings. The Hall–Kier alpha value is -4.59. The third kappa shape index (κ3) is 5.86. The molecule has 0 saturated heterocycles. The van der Waals surface area contributed by atoms with E-state index in [0.29, 0.717) is 5.56 Å². The van der Waals surface area contributed by atoms with Gasteiger partial charge in [-0.15, -0.1) is 10.2 Å². The van der Waals surface area contributed by atoms with Crippen LogP contribution in [0.15, 0.2) is 28.8 Å². The van der Waals surface area contributed by atoms with Crippen molar-refractivity contribution in [2.75, 3.05) is 24.7 Å². The summed E-state index contributed by atoms with van der Waals surface area (Å²) in [6.07, 6.45) is 0.494. The molecule has 1 saturated carbocycles. The summed E-state index contributed by atoms with van der Waals surface area (Å²) in [7, 11) is 1.38. The number of ether oxygens (including phenoxy) is 1. The molecule has 38 heavy (non-hydrogen) atoms. The van der Waals surface area contributed by atoms with Gasteiger partial charge >= 0.3 is 0 Å². The fourth-order valence-electron chi connectivity index (χ4n) is 3.61. The van der Waals surface area contributed by atoms with E-state index in [2.05, 4.69) is 36.3 Å². The van der Waals surface area contributed by atoms with Gasteiger partial charge in [-0.1, -0.05) is 11.2 Å². The van der Waals surface area contributed by atoms with Gasteiger partial charge in [0.15, 0.2) is 23.1 Å². The summed E-state index contributed by atoms with van der Waals surface area (Å²) in [5.41, 5.74) is 0.276. The van der Waals surface area contributed by atoms with Crippen molar-refractivity contribution in [2.45, 2.75) is 38.8 Å². The van der Waals surface area contributed by atoms with Gasteiger partial charge in [-0.3, -0.25) is 14.4 Å². The second-order valence-electron chi connectivity index (χ2n) is 8.60. The molecule has 1 aliphatic carbocycles. The number of aromatic nitrogens is 4. The SMILES string of the molecule is [2H]C([2H])([2H])NC(=O)c1nnc(NC(=O)C2CC2)cc1Nc1cccc(-c2nc([C@H](NC(C)=O)[C@H](C)O)no2)c1OC. The lowest BCUT2D eigenvalue weighted by Crippen LogP contribution is -2.34. The molecule has 2 atom stereocenters. The average Bonchev–Trinajstić information content (AvgIpc) is 3.63. The van der Waals surface area contributed by atoms with Crippen LogP contribution in [-0.2, 0) is 9.59 Å². The molecule has 0 bridgehead atoms. The third-order valence-electron chi connectivity index (χ3n) is 5.60. The van der Waals surface area contributed by atoms with Crippen molar-refractivity contribution in [1.29, 1.82) is 0 Å². The van der Waals surface area contributed by atoms with Gasteiger partial charge in [-0.05, 0) is 31.9 Å². The summed E-state index contributed by atoms with van der Waals surface area (Å²) >= 11 is 0. The lowest BCUT2D eigenvalue weighted by atomic mass is 10.1. The number of carbonyl (C=O) groups excluding carboxylic acids is 3. The van der Waals surface area contributed by atoms with E-state index < -0.39 is 30.9 Å². The Labute approximate surface area is 221 Å². The van der Waals surface area contributed by atoms with Crippen molar-refractivity contribution in [2.24, 2.45) is 5.92 Å². The maximum atomic E-state index is 12.7. The molecule has 14 nitrogen and oxygen atoms in total. The Morgan fingerprint density at radius 3 is 2.68 bits per heavy atom. The van der Waals surface area contributed by atoms with Crippen LogP contribution in [0.25, 0.3) is 11.5 Å². The second-order valence-corrected chi connectivity index (χ2v) is 8.60. The Kier molecular flexibility index (Phi) is 6.67. The van der Waals surface area contributed by atoms with E-state index in [1.165, 1.54) is 27.0 Å². The van der Waals surface area contributed by atoms with Crippen molar-refractivity contribution < 1.29 is 32.9 Å². The number of amides is 3. The topological polar surface area (TPSA) is 193 Å². The summed E-state index contributed by atoms with van der Waals surface area (Å²) in [4.78, 5) is 40.9. The van der Waals surface area contributed by atoms with E-state index in [0.717, 1.165) is 12.8 Å². The molecule has 0 spiro atoms. The molecule has 1 aromatic carbocycles. The van der Waals surface area contributed by atoms with Crippen LogP contribution in [0.5, 0.6) is 5.75 Å². The van der Waals surface area contributed by atoms with E-state index in [9.17, 15) is 19.5 Å². The van der Waals surface area contributed by atoms with Gasteiger partial charge < -0.3 is 35.6 Å². The standard InChI is InChI=1S/C24H28N8O6/c1-11(33)18(26-12(2)34)21-29-24(38-32-21)14-6-5-7-15(20(14)37-4)27-16-10-17(28-22(35)13-8-9-13)30-31-19(16)23(36)25-3/h5-7,10-11,13,18,33H,8-9H2,1-4H3,(H,25,36)(H,26,34)(H2,27,28,30,35)/t11-,18+/m0/s1/i3D3. The van der Waals surface area contributed by atoms with Gasteiger partial charge in [0.25, 0.3) is 11.8 Å². The highest BCUT2D eigenvalue weighted by Crippen LogP contribution is 2.38. The van der Waals surface area contributed by atoms with Crippen LogP contribution in [0.1, 0.15) is 53.2 Å². The van der Waals surface area contributed by atoms with Crippen LogP contribution >= 0.6 is 0 Å². The molecular formula is C24H28N8O6. The number of carbonyl (C=O) groups is 3. The Bertz CT molecular complexity index is 1460. The van der Waals surface area contributed by atoms with Gasteiger partial charge in [0.1, 0.15) is 6.04 Å². The van der Waals surface area contributed by atoms with Gasteiger partial charge in [-0.2, -0.15) is 4.98 Å². The maximum absolute atomic E-state index is 12.7. The Morgan fingerprint density at radius 2 is 2.03 bits per heavy atom. The fourth-order valence-corrected chi connectivity index (χ4v) is 3.61. The summed E-state index contributed by atoms with van der Waals surface area (Å²) < 4.78 is 33.1. The monoisotopic (exact) mass is 527 g/mol. The molecule has 0 aliphatic heterocycles. The van der Waals surface area contributed by atoms with E-state index in [-0.39, 0.29) is 52.2 Å².